The molecule has 1 aromatic heterocycles. The molecule has 17 heavy (non-hydrogen) atoms. The molecule has 0 spiro atoms. The van der Waals surface area contributed by atoms with Crippen molar-refractivity contribution in [1.82, 2.24) is 25.1 Å². The number of fused-ring (bicyclic) bond motifs is 3. The number of nitrogens with one attached hydrogen (secondary N) is 1. The summed E-state index contributed by atoms with van der Waals surface area (Å²) >= 11 is 0. The van der Waals surface area contributed by atoms with E-state index in [1.54, 1.807) is 0 Å². The molecule has 1 unspecified atom stereocenters. The first-order valence-corrected chi connectivity index (χ1v) is 6.29. The SMILES string of the molecule is CNCc1ccnc(C2CN3CCN2CC3)n1. The molecular weight excluding hydrogens is 214 g/mol. The Labute approximate surface area is 102 Å². The van der Waals surface area contributed by atoms with Crippen LogP contribution in [0.4, 0.5) is 0 Å². The molecule has 0 aliphatic carbocycles. The van der Waals surface area contributed by atoms with Crippen molar-refractivity contribution >= 4 is 0 Å². The van der Waals surface area contributed by atoms with E-state index in [1.165, 1.54) is 13.1 Å². The zero-order chi connectivity index (χ0) is 11.7. The summed E-state index contributed by atoms with van der Waals surface area (Å²) in [7, 11) is 1.94. The van der Waals surface area contributed by atoms with Crippen LogP contribution in [0, 0.1) is 0 Å². The zero-order valence-electron chi connectivity index (χ0n) is 10.3. The Bertz CT molecular complexity index is 386. The summed E-state index contributed by atoms with van der Waals surface area (Å²) in [5.41, 5.74) is 1.08. The van der Waals surface area contributed by atoms with Gasteiger partial charge in [0.05, 0.1) is 11.7 Å². The molecule has 4 rings (SSSR count). The monoisotopic (exact) mass is 233 g/mol. The van der Waals surface area contributed by atoms with E-state index >= 15 is 0 Å². The molecule has 5 nitrogen and oxygen atoms in total. The molecule has 3 fully saturated rings. The quantitative estimate of drug-likeness (QED) is 0.788. The Hall–Kier alpha value is -1.04. The van der Waals surface area contributed by atoms with Gasteiger partial charge in [-0.1, -0.05) is 0 Å². The van der Waals surface area contributed by atoms with Crippen molar-refractivity contribution in [2.24, 2.45) is 0 Å². The van der Waals surface area contributed by atoms with Crippen molar-refractivity contribution in [2.45, 2.75) is 12.6 Å². The van der Waals surface area contributed by atoms with E-state index in [1.807, 2.05) is 19.3 Å². The fourth-order valence-corrected chi connectivity index (χ4v) is 2.72. The Morgan fingerprint density at radius 3 is 2.82 bits per heavy atom. The van der Waals surface area contributed by atoms with Gasteiger partial charge in [0.15, 0.2) is 0 Å². The van der Waals surface area contributed by atoms with Crippen LogP contribution >= 0.6 is 0 Å². The smallest absolute Gasteiger partial charge is 0.147 e. The van der Waals surface area contributed by atoms with Crippen molar-refractivity contribution in [3.8, 4) is 0 Å². The van der Waals surface area contributed by atoms with Crippen LogP contribution in [0.5, 0.6) is 0 Å². The topological polar surface area (TPSA) is 44.3 Å². The summed E-state index contributed by atoms with van der Waals surface area (Å²) in [6, 6.07) is 2.38. The Kier molecular flexibility index (Phi) is 3.05. The van der Waals surface area contributed by atoms with Crippen LogP contribution in [0.2, 0.25) is 0 Å². The van der Waals surface area contributed by atoms with E-state index in [2.05, 4.69) is 25.1 Å². The summed E-state index contributed by atoms with van der Waals surface area (Å²) in [5, 5.41) is 3.13. The molecule has 5 heteroatoms. The summed E-state index contributed by atoms with van der Waals surface area (Å²) in [6.45, 7) is 6.61. The third-order valence-corrected chi connectivity index (χ3v) is 3.67. The lowest BCUT2D eigenvalue weighted by Crippen LogP contribution is -2.57. The molecule has 1 N–H and O–H groups in total. The minimum Gasteiger partial charge on any atom is -0.314 e. The number of aromatic nitrogens is 2. The summed E-state index contributed by atoms with van der Waals surface area (Å²) in [4.78, 5) is 14.1. The molecule has 0 radical (unpaired) electrons. The van der Waals surface area contributed by atoms with Gasteiger partial charge in [-0.05, 0) is 13.1 Å². The number of nitrogens with zero attached hydrogens (tertiary/aromatic N) is 4. The molecule has 92 valence electrons. The van der Waals surface area contributed by atoms with Crippen LogP contribution in [0.15, 0.2) is 12.3 Å². The van der Waals surface area contributed by atoms with Crippen molar-refractivity contribution in [2.75, 3.05) is 39.8 Å². The first-order chi connectivity index (χ1) is 8.36. The van der Waals surface area contributed by atoms with Gasteiger partial charge in [0, 0.05) is 45.5 Å². The first-order valence-electron chi connectivity index (χ1n) is 6.29. The summed E-state index contributed by atoms with van der Waals surface area (Å²) < 4.78 is 0. The normalized spacial score (nSPS) is 31.7. The van der Waals surface area contributed by atoms with Gasteiger partial charge in [0.2, 0.25) is 0 Å². The highest BCUT2D eigenvalue weighted by molar-refractivity contribution is 5.08. The lowest BCUT2D eigenvalue weighted by Gasteiger charge is -2.46. The van der Waals surface area contributed by atoms with E-state index in [9.17, 15) is 0 Å². The third-order valence-electron chi connectivity index (χ3n) is 3.67. The largest absolute Gasteiger partial charge is 0.314 e. The highest BCUT2D eigenvalue weighted by Gasteiger charge is 2.34. The van der Waals surface area contributed by atoms with Crippen molar-refractivity contribution in [3.05, 3.63) is 23.8 Å². The van der Waals surface area contributed by atoms with Crippen LogP contribution in [0.3, 0.4) is 0 Å². The molecule has 1 atom stereocenters. The fraction of sp³-hybridized carbons (Fsp3) is 0.667. The van der Waals surface area contributed by atoms with Gasteiger partial charge in [-0.25, -0.2) is 9.97 Å². The van der Waals surface area contributed by atoms with Crippen molar-refractivity contribution < 1.29 is 0 Å². The Morgan fingerprint density at radius 1 is 1.35 bits per heavy atom. The Morgan fingerprint density at radius 2 is 2.18 bits per heavy atom. The predicted octanol–water partition coefficient (Wildman–Crippen LogP) is -0.132. The zero-order valence-corrected chi connectivity index (χ0v) is 10.3. The second-order valence-corrected chi connectivity index (χ2v) is 4.79. The molecule has 0 amide bonds. The number of rotatable bonds is 3. The van der Waals surface area contributed by atoms with E-state index in [4.69, 9.17) is 0 Å². The molecule has 4 heterocycles. The molecule has 0 aromatic carbocycles. The van der Waals surface area contributed by atoms with Gasteiger partial charge < -0.3 is 5.32 Å². The average Bonchev–Trinajstić information content (AvgIpc) is 2.41. The molecule has 3 saturated heterocycles. The van der Waals surface area contributed by atoms with Gasteiger partial charge in [0.25, 0.3) is 0 Å². The molecule has 3 aliphatic heterocycles. The Balaban J connectivity index is 1.81. The lowest BCUT2D eigenvalue weighted by molar-refractivity contribution is 0.00855. The standard InChI is InChI=1S/C12H19N5/c1-13-8-10-2-3-14-12(15-10)11-9-16-4-6-17(11)7-5-16/h2-3,11,13H,4-9H2,1H3. The maximum Gasteiger partial charge on any atom is 0.147 e. The highest BCUT2D eigenvalue weighted by atomic mass is 15.4. The van der Waals surface area contributed by atoms with Crippen LogP contribution in [-0.2, 0) is 6.54 Å². The van der Waals surface area contributed by atoms with Gasteiger partial charge in [0.1, 0.15) is 5.82 Å². The molecule has 0 saturated carbocycles. The van der Waals surface area contributed by atoms with Gasteiger partial charge >= 0.3 is 0 Å². The molecule has 3 aliphatic rings. The van der Waals surface area contributed by atoms with E-state index < -0.39 is 0 Å². The van der Waals surface area contributed by atoms with Crippen LogP contribution in [-0.4, -0.2) is 59.5 Å². The molecule has 1 aromatic rings. The molecular formula is C12H19N5. The van der Waals surface area contributed by atoms with Gasteiger partial charge in [-0.3, -0.25) is 9.80 Å². The maximum atomic E-state index is 4.66. The minimum absolute atomic E-state index is 0.398. The number of hydrogen-bond acceptors (Lipinski definition) is 5. The minimum atomic E-state index is 0.398. The van der Waals surface area contributed by atoms with Crippen LogP contribution < -0.4 is 5.32 Å². The van der Waals surface area contributed by atoms with Gasteiger partial charge in [-0.15, -0.1) is 0 Å². The van der Waals surface area contributed by atoms with Crippen molar-refractivity contribution in [3.63, 3.8) is 0 Å². The second kappa shape index (κ2) is 4.68. The second-order valence-electron chi connectivity index (χ2n) is 4.79. The number of hydrogen-bond donors (Lipinski definition) is 1. The third kappa shape index (κ3) is 2.18. The van der Waals surface area contributed by atoms with E-state index in [0.717, 1.165) is 37.7 Å². The van der Waals surface area contributed by atoms with Crippen LogP contribution in [0.25, 0.3) is 0 Å². The van der Waals surface area contributed by atoms with E-state index in [0.29, 0.717) is 6.04 Å². The molecule has 2 bridgehead atoms. The summed E-state index contributed by atoms with van der Waals surface area (Å²) in [5.74, 6) is 0.988. The number of piperazine rings is 3. The average molecular weight is 233 g/mol. The van der Waals surface area contributed by atoms with Crippen molar-refractivity contribution in [1.29, 1.82) is 0 Å². The van der Waals surface area contributed by atoms with Crippen LogP contribution in [0.1, 0.15) is 17.6 Å². The first kappa shape index (κ1) is 11.1. The highest BCUT2D eigenvalue weighted by Crippen LogP contribution is 2.26. The maximum absolute atomic E-state index is 4.66. The predicted molar refractivity (Wildman–Crippen MR) is 65.5 cm³/mol. The van der Waals surface area contributed by atoms with E-state index in [-0.39, 0.29) is 0 Å². The van der Waals surface area contributed by atoms with Gasteiger partial charge in [-0.2, -0.15) is 0 Å². The summed E-state index contributed by atoms with van der Waals surface area (Å²) in [6.07, 6.45) is 1.88. The lowest BCUT2D eigenvalue weighted by atomic mass is 10.1. The fourth-order valence-electron chi connectivity index (χ4n) is 2.72.